The van der Waals surface area contributed by atoms with E-state index >= 15 is 0 Å². The molecule has 3 heteroatoms. The average molecular weight is 312 g/mol. The van der Waals surface area contributed by atoms with Crippen molar-refractivity contribution in [1.29, 1.82) is 0 Å². The Morgan fingerprint density at radius 3 is 1.73 bits per heavy atom. The summed E-state index contributed by atoms with van der Waals surface area (Å²) in [4.78, 5) is 22.2. The van der Waals surface area contributed by atoms with Gasteiger partial charge in [-0.25, -0.2) is 0 Å². The summed E-state index contributed by atoms with van der Waals surface area (Å²) in [6.07, 6.45) is 15.5. The van der Waals surface area contributed by atoms with Crippen molar-refractivity contribution >= 4 is 11.8 Å². The van der Waals surface area contributed by atoms with E-state index in [-0.39, 0.29) is 11.8 Å². The van der Waals surface area contributed by atoms with E-state index in [2.05, 4.69) is 6.92 Å². The van der Waals surface area contributed by atoms with Crippen molar-refractivity contribution in [3.05, 3.63) is 0 Å². The second-order valence-electron chi connectivity index (χ2n) is 6.31. The Morgan fingerprint density at radius 2 is 1.18 bits per heavy atom. The lowest BCUT2D eigenvalue weighted by atomic mass is 10.1. The first-order valence-corrected chi connectivity index (χ1v) is 9.32. The van der Waals surface area contributed by atoms with Crippen LogP contribution in [0.15, 0.2) is 0 Å². The highest BCUT2D eigenvalue weighted by Crippen LogP contribution is 2.10. The van der Waals surface area contributed by atoms with Gasteiger partial charge in [0.15, 0.2) is 0 Å². The van der Waals surface area contributed by atoms with Gasteiger partial charge in [-0.15, -0.1) is 0 Å². The number of Topliss-reactive ketones (excluding diaryl/α,β-unsaturated/α-hetero) is 1. The molecule has 0 spiro atoms. The summed E-state index contributed by atoms with van der Waals surface area (Å²) in [5.41, 5.74) is 0. The molecule has 0 rings (SSSR count). The van der Waals surface area contributed by atoms with Gasteiger partial charge in [0, 0.05) is 12.8 Å². The monoisotopic (exact) mass is 312 g/mol. The minimum absolute atomic E-state index is 0.112. The lowest BCUT2D eigenvalue weighted by molar-refractivity contribution is -0.144. The van der Waals surface area contributed by atoms with E-state index in [9.17, 15) is 9.59 Å². The summed E-state index contributed by atoms with van der Waals surface area (Å²) < 4.78 is 5.20. The van der Waals surface area contributed by atoms with E-state index in [0.717, 1.165) is 25.7 Å². The third-order valence-corrected chi connectivity index (χ3v) is 3.92. The fourth-order valence-electron chi connectivity index (χ4n) is 2.49. The molecule has 0 unspecified atom stereocenters. The van der Waals surface area contributed by atoms with E-state index < -0.39 is 0 Å². The molecule has 130 valence electrons. The number of rotatable bonds is 16. The first kappa shape index (κ1) is 21.1. The number of carbonyl (C=O) groups excluding carboxylic acids is 2. The fraction of sp³-hybridized carbons (Fsp3) is 0.895. The van der Waals surface area contributed by atoms with E-state index in [0.29, 0.717) is 19.4 Å². The lowest BCUT2D eigenvalue weighted by Crippen LogP contribution is -2.06. The van der Waals surface area contributed by atoms with Crippen LogP contribution in [0.3, 0.4) is 0 Å². The Balaban J connectivity index is 3.15. The zero-order chi connectivity index (χ0) is 16.5. The topological polar surface area (TPSA) is 43.4 Å². The highest BCUT2D eigenvalue weighted by Gasteiger charge is 2.03. The van der Waals surface area contributed by atoms with Gasteiger partial charge >= 0.3 is 5.97 Å². The first-order valence-electron chi connectivity index (χ1n) is 9.32. The summed E-state index contributed by atoms with van der Waals surface area (Å²) in [5, 5.41) is 0. The molecule has 0 amide bonds. The molecule has 0 aliphatic heterocycles. The van der Waals surface area contributed by atoms with Gasteiger partial charge in [-0.1, -0.05) is 64.7 Å². The Kier molecular flexibility index (Phi) is 15.9. The molecule has 0 aromatic heterocycles. The number of unbranched alkanes of at least 4 members (excludes halogenated alkanes) is 10. The highest BCUT2D eigenvalue weighted by molar-refractivity contribution is 5.75. The van der Waals surface area contributed by atoms with Crippen LogP contribution in [-0.4, -0.2) is 18.4 Å². The molecule has 0 aliphatic rings. The van der Waals surface area contributed by atoms with Gasteiger partial charge in [-0.2, -0.15) is 0 Å². The minimum atomic E-state index is -0.112. The van der Waals surface area contributed by atoms with Gasteiger partial charge < -0.3 is 9.53 Å². The van der Waals surface area contributed by atoms with Crippen LogP contribution in [0.5, 0.6) is 0 Å². The number of hydrogen-bond acceptors (Lipinski definition) is 3. The maximum atomic E-state index is 11.4. The molecule has 0 fully saturated rings. The molecule has 0 aromatic rings. The number of hydrogen-bond donors (Lipinski definition) is 0. The molecule has 0 N–H and O–H groups in total. The van der Waals surface area contributed by atoms with Crippen LogP contribution in [0.2, 0.25) is 0 Å². The summed E-state index contributed by atoms with van der Waals surface area (Å²) in [5.74, 6) is 0.0817. The Morgan fingerprint density at radius 1 is 0.682 bits per heavy atom. The van der Waals surface area contributed by atoms with Gasteiger partial charge in [-0.3, -0.25) is 4.79 Å². The van der Waals surface area contributed by atoms with E-state index in [1.54, 1.807) is 6.92 Å². The zero-order valence-corrected chi connectivity index (χ0v) is 14.8. The predicted molar refractivity (Wildman–Crippen MR) is 92.0 cm³/mol. The molecule has 0 atom stereocenters. The van der Waals surface area contributed by atoms with E-state index in [1.807, 2.05) is 0 Å². The van der Waals surface area contributed by atoms with Crippen molar-refractivity contribution in [2.45, 2.75) is 104 Å². The Hall–Kier alpha value is -0.860. The van der Waals surface area contributed by atoms with Crippen LogP contribution >= 0.6 is 0 Å². The van der Waals surface area contributed by atoms with Gasteiger partial charge in [0.25, 0.3) is 0 Å². The molecule has 0 radical (unpaired) electrons. The molecule has 22 heavy (non-hydrogen) atoms. The number of esters is 1. The number of carbonyl (C=O) groups is 2. The van der Waals surface area contributed by atoms with E-state index in [4.69, 9.17) is 4.74 Å². The Bertz CT molecular complexity index is 274. The van der Waals surface area contributed by atoms with Crippen LogP contribution in [0, 0.1) is 0 Å². The largest absolute Gasteiger partial charge is 0.466 e. The summed E-state index contributed by atoms with van der Waals surface area (Å²) >= 11 is 0. The molecule has 0 aromatic carbocycles. The third kappa shape index (κ3) is 17.2. The summed E-state index contributed by atoms with van der Waals surface area (Å²) in [6.45, 7) is 4.39. The zero-order valence-electron chi connectivity index (χ0n) is 14.8. The fourth-order valence-corrected chi connectivity index (χ4v) is 2.49. The standard InChI is InChI=1S/C19H36O3/c1-3-4-5-6-7-8-9-10-11-14-17-22-19(21)16-13-12-15-18(2)20/h3-17H2,1-2H3. The molecule has 0 aliphatic carbocycles. The lowest BCUT2D eigenvalue weighted by Gasteiger charge is -2.05. The van der Waals surface area contributed by atoms with Crippen LogP contribution < -0.4 is 0 Å². The van der Waals surface area contributed by atoms with Gasteiger partial charge in [0.2, 0.25) is 0 Å². The van der Waals surface area contributed by atoms with Crippen molar-refractivity contribution < 1.29 is 14.3 Å². The number of ketones is 1. The molecule has 0 heterocycles. The second kappa shape index (κ2) is 16.5. The van der Waals surface area contributed by atoms with Gasteiger partial charge in [0.05, 0.1) is 6.61 Å². The molecule has 0 saturated carbocycles. The van der Waals surface area contributed by atoms with E-state index in [1.165, 1.54) is 51.4 Å². The first-order chi connectivity index (χ1) is 10.7. The van der Waals surface area contributed by atoms with Crippen LogP contribution in [0.1, 0.15) is 104 Å². The van der Waals surface area contributed by atoms with Crippen LogP contribution in [-0.2, 0) is 14.3 Å². The van der Waals surface area contributed by atoms with Crippen LogP contribution in [0.25, 0.3) is 0 Å². The SMILES string of the molecule is CCCCCCCCCCCCOC(=O)CCCCC(C)=O. The minimum Gasteiger partial charge on any atom is -0.466 e. The average Bonchev–Trinajstić information content (AvgIpc) is 2.49. The van der Waals surface area contributed by atoms with Crippen molar-refractivity contribution in [2.75, 3.05) is 6.61 Å². The van der Waals surface area contributed by atoms with Crippen molar-refractivity contribution in [3.63, 3.8) is 0 Å². The quantitative estimate of drug-likeness (QED) is 0.275. The van der Waals surface area contributed by atoms with Gasteiger partial charge in [-0.05, 0) is 26.2 Å². The highest BCUT2D eigenvalue weighted by atomic mass is 16.5. The molecule has 0 saturated heterocycles. The second-order valence-corrected chi connectivity index (χ2v) is 6.31. The summed E-state index contributed by atoms with van der Waals surface area (Å²) in [7, 11) is 0. The maximum absolute atomic E-state index is 11.4. The molecule has 0 bridgehead atoms. The summed E-state index contributed by atoms with van der Waals surface area (Å²) in [6, 6.07) is 0. The molecular weight excluding hydrogens is 276 g/mol. The van der Waals surface area contributed by atoms with Crippen molar-refractivity contribution in [1.82, 2.24) is 0 Å². The maximum Gasteiger partial charge on any atom is 0.305 e. The predicted octanol–water partition coefficient (Wildman–Crippen LogP) is 5.60. The van der Waals surface area contributed by atoms with Crippen LogP contribution in [0.4, 0.5) is 0 Å². The van der Waals surface area contributed by atoms with Gasteiger partial charge in [0.1, 0.15) is 5.78 Å². The molecular formula is C19H36O3. The third-order valence-electron chi connectivity index (χ3n) is 3.92. The molecule has 3 nitrogen and oxygen atoms in total. The normalized spacial score (nSPS) is 10.6. The van der Waals surface area contributed by atoms with Crippen molar-refractivity contribution in [3.8, 4) is 0 Å². The smallest absolute Gasteiger partial charge is 0.305 e. The Labute approximate surface area is 137 Å². The number of ether oxygens (including phenoxy) is 1. The van der Waals surface area contributed by atoms with Crippen molar-refractivity contribution in [2.24, 2.45) is 0 Å².